The van der Waals surface area contributed by atoms with Crippen LogP contribution in [-0.4, -0.2) is 239 Å². The van der Waals surface area contributed by atoms with Crippen molar-refractivity contribution in [3.8, 4) is 0 Å². The summed E-state index contributed by atoms with van der Waals surface area (Å²) < 4.78 is 34.3. The molecule has 3 aliphatic heterocycles. The van der Waals surface area contributed by atoms with E-state index in [1.165, 1.54) is 35.3 Å². The predicted octanol–water partition coefficient (Wildman–Crippen LogP) is -5.22. The van der Waals surface area contributed by atoms with Gasteiger partial charge in [0.1, 0.15) is 89.6 Å². The minimum atomic E-state index is -1.47. The molecule has 0 radical (unpaired) electrons. The quantitative estimate of drug-likeness (QED) is 0.0382. The van der Waals surface area contributed by atoms with Crippen LogP contribution in [0.4, 0.5) is 0 Å². The van der Waals surface area contributed by atoms with Crippen molar-refractivity contribution in [2.45, 2.75) is 109 Å². The normalized spacial score (nSPS) is 37.8. The molecule has 3 fully saturated rings. The fourth-order valence-electron chi connectivity index (χ4n) is 5.82. The van der Waals surface area contributed by atoms with Gasteiger partial charge in [-0.3, -0.25) is 0 Å². The average molecular weight is 845 g/mol. The minimum absolute atomic E-state index is 0.0491. The van der Waals surface area contributed by atoms with Gasteiger partial charge in [-0.25, -0.2) is 0 Å². The number of thioether (sulfide) groups is 3. The van der Waals surface area contributed by atoms with Crippen LogP contribution < -0.4 is 0 Å². The Kier molecular flexibility index (Phi) is 22.6. The highest BCUT2D eigenvalue weighted by atomic mass is 32.2. The molecule has 22 heteroatoms. The molecule has 0 bridgehead atoms. The Morgan fingerprint density at radius 1 is 0.407 bits per heavy atom. The summed E-state index contributed by atoms with van der Waals surface area (Å²) in [6.07, 6.45) is -14.3. The number of aliphatic hydroxyl groups is 13. The molecule has 54 heavy (non-hydrogen) atoms. The van der Waals surface area contributed by atoms with Gasteiger partial charge in [0.05, 0.1) is 51.7 Å². The summed E-state index contributed by atoms with van der Waals surface area (Å²) in [5.41, 5.74) is -3.57. The summed E-state index contributed by atoms with van der Waals surface area (Å²) in [7, 11) is 0. The Bertz CT molecular complexity index is 890. The maximum atomic E-state index is 10.5. The van der Waals surface area contributed by atoms with E-state index in [1.54, 1.807) is 0 Å². The molecule has 15 atom stereocenters. The van der Waals surface area contributed by atoms with Crippen LogP contribution in [0.25, 0.3) is 0 Å². The van der Waals surface area contributed by atoms with Crippen LogP contribution in [0.2, 0.25) is 0 Å². The van der Waals surface area contributed by atoms with Crippen LogP contribution in [0.15, 0.2) is 0 Å². The maximum Gasteiger partial charge on any atom is 0.132 e. The van der Waals surface area contributed by atoms with Gasteiger partial charge in [-0.05, 0) is 36.5 Å². The summed E-state index contributed by atoms with van der Waals surface area (Å²) >= 11 is 3.59. The highest BCUT2D eigenvalue weighted by Crippen LogP contribution is 2.31. The van der Waals surface area contributed by atoms with Crippen molar-refractivity contribution in [2.75, 3.05) is 83.3 Å². The summed E-state index contributed by atoms with van der Waals surface area (Å²) in [4.78, 5) is 0. The number of hydrogen-bond donors (Lipinski definition) is 13. The van der Waals surface area contributed by atoms with Gasteiger partial charge in [0.2, 0.25) is 0 Å². The van der Waals surface area contributed by atoms with E-state index in [1.807, 2.05) is 0 Å². The molecule has 0 aliphatic carbocycles. The molecule has 0 amide bonds. The summed E-state index contributed by atoms with van der Waals surface area (Å²) in [6, 6.07) is 0. The lowest BCUT2D eigenvalue weighted by molar-refractivity contribution is -0.205. The third-order valence-electron chi connectivity index (χ3n) is 9.25. The first-order valence-electron chi connectivity index (χ1n) is 17.9. The van der Waals surface area contributed by atoms with E-state index in [2.05, 4.69) is 0 Å². The van der Waals surface area contributed by atoms with E-state index >= 15 is 0 Å². The van der Waals surface area contributed by atoms with E-state index < -0.39 is 115 Å². The molecule has 3 heterocycles. The molecular weight excluding hydrogens is 785 g/mol. The molecule has 0 unspecified atom stereocenters. The SMILES string of the molecule is OC[C@H]1O[C@@H](SCCCOCC(CO)(COCCCS[C@@H]2O[C@H](CO)[C@@H](O)[C@H](O)[C@H]2O)COCCCS[C@@H]2O[C@H](CO)[C@@H](O)[C@H](O)[C@H]2O)[C@H](O)[C@@H](O)[C@@H]1O. The van der Waals surface area contributed by atoms with E-state index in [0.717, 1.165) is 0 Å². The van der Waals surface area contributed by atoms with Crippen molar-refractivity contribution in [3.05, 3.63) is 0 Å². The van der Waals surface area contributed by atoms with Crippen LogP contribution in [-0.2, 0) is 28.4 Å². The summed E-state index contributed by atoms with van der Waals surface area (Å²) in [5.74, 6) is 1.33. The van der Waals surface area contributed by atoms with Gasteiger partial charge in [-0.1, -0.05) is 0 Å². The second kappa shape index (κ2) is 25.0. The third kappa shape index (κ3) is 14.0. The smallest absolute Gasteiger partial charge is 0.132 e. The molecule has 0 aromatic rings. The van der Waals surface area contributed by atoms with Gasteiger partial charge in [-0.2, -0.15) is 0 Å². The van der Waals surface area contributed by atoms with Crippen molar-refractivity contribution in [3.63, 3.8) is 0 Å². The maximum absolute atomic E-state index is 10.5. The molecule has 19 nitrogen and oxygen atoms in total. The second-order valence-corrected chi connectivity index (χ2v) is 17.2. The van der Waals surface area contributed by atoms with Crippen LogP contribution >= 0.6 is 35.3 Å². The second-order valence-electron chi connectivity index (χ2n) is 13.6. The van der Waals surface area contributed by atoms with Crippen molar-refractivity contribution in [1.29, 1.82) is 0 Å². The van der Waals surface area contributed by atoms with Gasteiger partial charge in [0.25, 0.3) is 0 Å². The topological polar surface area (TPSA) is 318 Å². The Labute approximate surface area is 326 Å². The molecule has 0 saturated carbocycles. The number of ether oxygens (including phenoxy) is 6. The number of aliphatic hydroxyl groups excluding tert-OH is 13. The lowest BCUT2D eigenvalue weighted by Gasteiger charge is -2.39. The van der Waals surface area contributed by atoms with Crippen LogP contribution in [0.1, 0.15) is 19.3 Å². The van der Waals surface area contributed by atoms with Crippen LogP contribution in [0.3, 0.4) is 0 Å². The standard InChI is InChI=1S/C32H60O19S3/c33-10-17-20(37)23(40)26(43)29(49-17)52-7-1-4-46-14-32(13-36,15-47-5-2-8-53-30-27(44)24(41)21(38)18(11-34)50-30)16-48-6-3-9-54-31-28(45)25(42)22(39)19(12-35)51-31/h17-31,33-45H,1-16H2/t17-,18-,19-,20-,21-,22-,23+,24+,25+,26-,27-,28-,29+,30+,31+/m1/s1. The van der Waals surface area contributed by atoms with Crippen LogP contribution in [0.5, 0.6) is 0 Å². The monoisotopic (exact) mass is 844 g/mol. The zero-order valence-corrected chi connectivity index (χ0v) is 32.4. The van der Waals surface area contributed by atoms with Gasteiger partial charge in [0.15, 0.2) is 0 Å². The Morgan fingerprint density at radius 2 is 0.685 bits per heavy atom. The molecule has 3 rings (SSSR count). The molecule has 0 aromatic heterocycles. The van der Waals surface area contributed by atoms with Gasteiger partial charge >= 0.3 is 0 Å². The van der Waals surface area contributed by atoms with E-state index in [4.69, 9.17) is 28.4 Å². The third-order valence-corrected chi connectivity index (χ3v) is 13.0. The Hall–Kier alpha value is 0.290. The fraction of sp³-hybridized carbons (Fsp3) is 1.00. The van der Waals surface area contributed by atoms with Gasteiger partial charge < -0.3 is 94.8 Å². The molecular formula is C32H60O19S3. The Morgan fingerprint density at radius 3 is 0.926 bits per heavy atom. The Balaban J connectivity index is 1.45. The van der Waals surface area contributed by atoms with Crippen LogP contribution in [0, 0.1) is 5.41 Å². The van der Waals surface area contributed by atoms with Crippen molar-refractivity contribution < 1.29 is 94.8 Å². The molecule has 320 valence electrons. The summed E-state index contributed by atoms with van der Waals surface area (Å²) in [5, 5.41) is 129. The fourth-order valence-corrected chi connectivity index (χ4v) is 9.11. The average Bonchev–Trinajstić information content (AvgIpc) is 3.17. The first kappa shape index (κ1) is 48.7. The molecule has 0 spiro atoms. The lowest BCUT2D eigenvalue weighted by atomic mass is 9.92. The molecule has 0 aromatic carbocycles. The van der Waals surface area contributed by atoms with Crippen molar-refractivity contribution >= 4 is 35.3 Å². The lowest BCUT2D eigenvalue weighted by Crippen LogP contribution is -2.57. The van der Waals surface area contributed by atoms with Gasteiger partial charge in [0, 0.05) is 19.8 Å². The number of hydrogen-bond acceptors (Lipinski definition) is 22. The largest absolute Gasteiger partial charge is 0.396 e. The minimum Gasteiger partial charge on any atom is -0.396 e. The highest BCUT2D eigenvalue weighted by Gasteiger charge is 2.45. The number of rotatable bonds is 25. The summed E-state index contributed by atoms with van der Waals surface area (Å²) in [6.45, 7) is -1.03. The van der Waals surface area contributed by atoms with E-state index in [0.29, 0.717) is 36.5 Å². The van der Waals surface area contributed by atoms with Gasteiger partial charge in [-0.15, -0.1) is 35.3 Å². The van der Waals surface area contributed by atoms with Crippen molar-refractivity contribution in [1.82, 2.24) is 0 Å². The predicted molar refractivity (Wildman–Crippen MR) is 195 cm³/mol. The van der Waals surface area contributed by atoms with E-state index in [9.17, 15) is 66.4 Å². The highest BCUT2D eigenvalue weighted by molar-refractivity contribution is 8.00. The molecule has 13 N–H and O–H groups in total. The first-order valence-corrected chi connectivity index (χ1v) is 21.1. The zero-order chi connectivity index (χ0) is 39.8. The molecule has 3 aliphatic rings. The first-order chi connectivity index (χ1) is 25.8. The van der Waals surface area contributed by atoms with Crippen molar-refractivity contribution in [2.24, 2.45) is 5.41 Å². The van der Waals surface area contributed by atoms with E-state index in [-0.39, 0.29) is 46.2 Å². The molecule has 3 saturated heterocycles. The zero-order valence-electron chi connectivity index (χ0n) is 30.0.